The van der Waals surface area contributed by atoms with Crippen LogP contribution in [0.25, 0.3) is 0 Å². The summed E-state index contributed by atoms with van der Waals surface area (Å²) >= 11 is 0. The zero-order chi connectivity index (χ0) is 14.3. The van der Waals surface area contributed by atoms with E-state index in [0.717, 1.165) is 31.5 Å². The van der Waals surface area contributed by atoms with Crippen LogP contribution in [-0.2, 0) is 4.57 Å². The van der Waals surface area contributed by atoms with Crippen LogP contribution in [0.1, 0.15) is 58.8 Å². The monoisotopic (exact) mass is 289 g/mol. The zero-order valence-corrected chi connectivity index (χ0v) is 13.9. The summed E-state index contributed by atoms with van der Waals surface area (Å²) in [4.78, 5) is 12.0. The van der Waals surface area contributed by atoms with Crippen LogP contribution in [0.15, 0.2) is 0 Å². The van der Waals surface area contributed by atoms with Crippen molar-refractivity contribution in [1.82, 2.24) is 4.90 Å². The molecular formula is C15H32NO2P. The fourth-order valence-electron chi connectivity index (χ4n) is 2.91. The van der Waals surface area contributed by atoms with Gasteiger partial charge in [-0.15, -0.1) is 0 Å². The highest BCUT2D eigenvalue weighted by Crippen LogP contribution is 2.35. The lowest BCUT2D eigenvalue weighted by Gasteiger charge is -2.35. The van der Waals surface area contributed by atoms with Crippen LogP contribution in [0.3, 0.4) is 0 Å². The molecular weight excluding hydrogens is 257 g/mol. The van der Waals surface area contributed by atoms with E-state index in [1.165, 1.54) is 45.2 Å². The van der Waals surface area contributed by atoms with Gasteiger partial charge in [-0.05, 0) is 44.7 Å². The minimum atomic E-state index is -2.83. The molecule has 0 saturated heterocycles. The highest BCUT2D eigenvalue weighted by Gasteiger charge is 2.21. The number of nitrogens with zero attached hydrogens (tertiary/aromatic N) is 1. The molecule has 0 aliphatic heterocycles. The molecule has 1 fully saturated rings. The van der Waals surface area contributed by atoms with E-state index in [0.29, 0.717) is 6.16 Å². The summed E-state index contributed by atoms with van der Waals surface area (Å²) < 4.78 is 11.4. The fraction of sp³-hybridized carbons (Fsp3) is 1.00. The lowest BCUT2D eigenvalue weighted by Crippen LogP contribution is -2.38. The summed E-state index contributed by atoms with van der Waals surface area (Å²) in [5.74, 6) is 0.737. The van der Waals surface area contributed by atoms with Crippen LogP contribution in [0.2, 0.25) is 0 Å². The minimum Gasteiger partial charge on any atom is -0.344 e. The first-order chi connectivity index (χ1) is 8.88. The van der Waals surface area contributed by atoms with Crippen LogP contribution >= 0.6 is 7.37 Å². The summed E-state index contributed by atoms with van der Waals surface area (Å²) in [5.41, 5.74) is 0. The van der Waals surface area contributed by atoms with E-state index in [2.05, 4.69) is 18.7 Å². The first-order valence-corrected chi connectivity index (χ1v) is 10.2. The Labute approximate surface area is 119 Å². The van der Waals surface area contributed by atoms with Crippen LogP contribution in [-0.4, -0.2) is 41.8 Å². The topological polar surface area (TPSA) is 40.5 Å². The number of hydrogen-bond acceptors (Lipinski definition) is 2. The van der Waals surface area contributed by atoms with E-state index in [4.69, 9.17) is 0 Å². The van der Waals surface area contributed by atoms with Crippen molar-refractivity contribution in [2.45, 2.75) is 64.8 Å². The van der Waals surface area contributed by atoms with Crippen molar-refractivity contribution in [2.75, 3.05) is 25.9 Å². The molecule has 4 heteroatoms. The molecule has 1 atom stereocenters. The third-order valence-electron chi connectivity index (χ3n) is 4.10. The van der Waals surface area contributed by atoms with E-state index in [-0.39, 0.29) is 0 Å². The molecule has 0 heterocycles. The summed E-state index contributed by atoms with van der Waals surface area (Å²) in [6.45, 7) is 8.17. The maximum Gasteiger partial charge on any atom is 0.197 e. The second kappa shape index (κ2) is 8.44. The molecule has 0 spiro atoms. The third-order valence-corrected chi connectivity index (χ3v) is 5.25. The highest BCUT2D eigenvalue weighted by atomic mass is 31.2. The lowest BCUT2D eigenvalue weighted by atomic mass is 9.93. The van der Waals surface area contributed by atoms with Gasteiger partial charge in [0.1, 0.15) is 0 Å². The second-order valence-corrected chi connectivity index (χ2v) is 9.19. The Morgan fingerprint density at radius 2 is 1.84 bits per heavy atom. The van der Waals surface area contributed by atoms with E-state index in [1.54, 1.807) is 0 Å². The van der Waals surface area contributed by atoms with E-state index in [9.17, 15) is 9.46 Å². The van der Waals surface area contributed by atoms with Gasteiger partial charge in [-0.1, -0.05) is 33.1 Å². The third kappa shape index (κ3) is 8.12. The van der Waals surface area contributed by atoms with Crippen LogP contribution in [0.4, 0.5) is 0 Å². The molecule has 1 N–H and O–H groups in total. The van der Waals surface area contributed by atoms with Crippen molar-refractivity contribution in [2.24, 2.45) is 5.92 Å². The summed E-state index contributed by atoms with van der Waals surface area (Å²) in [7, 11) is -2.83. The van der Waals surface area contributed by atoms with Gasteiger partial charge in [-0.25, -0.2) is 0 Å². The minimum absolute atomic E-state index is 0.470. The Hall–Kier alpha value is 0.150. The van der Waals surface area contributed by atoms with E-state index >= 15 is 0 Å². The molecule has 0 aromatic heterocycles. The van der Waals surface area contributed by atoms with Gasteiger partial charge in [-0.2, -0.15) is 0 Å². The molecule has 1 unspecified atom stereocenters. The van der Waals surface area contributed by atoms with E-state index in [1.807, 2.05) is 0 Å². The molecule has 1 rings (SSSR count). The first kappa shape index (κ1) is 17.2. The van der Waals surface area contributed by atoms with E-state index < -0.39 is 7.37 Å². The number of rotatable bonds is 8. The Bertz CT molecular complexity index is 282. The van der Waals surface area contributed by atoms with Crippen molar-refractivity contribution in [3.05, 3.63) is 0 Å². The van der Waals surface area contributed by atoms with Gasteiger partial charge >= 0.3 is 0 Å². The van der Waals surface area contributed by atoms with Crippen LogP contribution < -0.4 is 0 Å². The predicted octanol–water partition coefficient (Wildman–Crippen LogP) is 3.96. The van der Waals surface area contributed by atoms with Gasteiger partial charge in [-0.3, -0.25) is 4.57 Å². The van der Waals surface area contributed by atoms with Gasteiger partial charge in [0.05, 0.1) is 0 Å². The van der Waals surface area contributed by atoms with Gasteiger partial charge in [0.15, 0.2) is 7.37 Å². The van der Waals surface area contributed by atoms with Gasteiger partial charge in [0.2, 0.25) is 0 Å². The largest absolute Gasteiger partial charge is 0.344 e. The Morgan fingerprint density at radius 1 is 1.21 bits per heavy atom. The fourth-order valence-corrected chi connectivity index (χ4v) is 3.64. The lowest BCUT2D eigenvalue weighted by molar-refractivity contribution is 0.149. The average Bonchev–Trinajstić information content (AvgIpc) is 2.33. The summed E-state index contributed by atoms with van der Waals surface area (Å²) in [5, 5.41) is 0. The van der Waals surface area contributed by atoms with Crippen molar-refractivity contribution >= 4 is 7.37 Å². The standard InChI is InChI=1S/C15H32NO2P/c1-14(2)10-12-16(11-7-13-19(3,17)18)15-8-5-4-6-9-15/h14-15H,4-13H2,1-3H3,(H,17,18). The molecule has 1 saturated carbocycles. The maximum atomic E-state index is 11.4. The maximum absolute atomic E-state index is 11.4. The van der Waals surface area contributed by atoms with Gasteiger partial charge in [0, 0.05) is 18.9 Å². The highest BCUT2D eigenvalue weighted by molar-refractivity contribution is 7.57. The quantitative estimate of drug-likeness (QED) is 0.688. The molecule has 1 aliphatic rings. The molecule has 19 heavy (non-hydrogen) atoms. The molecule has 0 aromatic rings. The number of hydrogen-bond donors (Lipinski definition) is 1. The summed E-state index contributed by atoms with van der Waals surface area (Å²) in [6.07, 6.45) is 9.30. The predicted molar refractivity (Wildman–Crippen MR) is 83.1 cm³/mol. The zero-order valence-electron chi connectivity index (χ0n) is 13.0. The molecule has 0 bridgehead atoms. The van der Waals surface area contributed by atoms with Crippen molar-refractivity contribution in [3.8, 4) is 0 Å². The Balaban J connectivity index is 2.41. The van der Waals surface area contributed by atoms with Gasteiger partial charge < -0.3 is 9.79 Å². The molecule has 0 radical (unpaired) electrons. The van der Waals surface area contributed by atoms with Crippen molar-refractivity contribution in [3.63, 3.8) is 0 Å². The van der Waals surface area contributed by atoms with Gasteiger partial charge in [0.25, 0.3) is 0 Å². The second-order valence-electron chi connectivity index (χ2n) is 6.64. The Kier molecular flexibility index (Phi) is 7.64. The van der Waals surface area contributed by atoms with Crippen LogP contribution in [0, 0.1) is 5.92 Å². The SMILES string of the molecule is CC(C)CCN(CCCP(C)(=O)O)C1CCCCC1. The van der Waals surface area contributed by atoms with Crippen molar-refractivity contribution < 1.29 is 9.46 Å². The molecule has 114 valence electrons. The molecule has 0 amide bonds. The average molecular weight is 289 g/mol. The molecule has 3 nitrogen and oxygen atoms in total. The summed E-state index contributed by atoms with van der Waals surface area (Å²) in [6, 6.07) is 0.724. The first-order valence-electron chi connectivity index (χ1n) is 7.92. The Morgan fingerprint density at radius 3 is 2.37 bits per heavy atom. The van der Waals surface area contributed by atoms with Crippen molar-refractivity contribution in [1.29, 1.82) is 0 Å². The smallest absolute Gasteiger partial charge is 0.197 e. The molecule has 1 aliphatic carbocycles. The molecule has 0 aromatic carbocycles. The van der Waals surface area contributed by atoms with Crippen LogP contribution in [0.5, 0.6) is 0 Å². The normalized spacial score (nSPS) is 20.9.